The summed E-state index contributed by atoms with van der Waals surface area (Å²) in [5.41, 5.74) is 11.3. The monoisotopic (exact) mass is 717 g/mol. The Kier molecular flexibility index (Phi) is 6.53. The van der Waals surface area contributed by atoms with E-state index in [1.54, 1.807) is 0 Å². The Labute approximate surface area is 320 Å². The number of rotatable bonds is 5. The van der Waals surface area contributed by atoms with Crippen molar-refractivity contribution in [3.8, 4) is 39.8 Å². The van der Waals surface area contributed by atoms with Crippen LogP contribution in [0, 0.1) is 0 Å². The molecule has 6 nitrogen and oxygen atoms in total. The second kappa shape index (κ2) is 11.9. The zero-order valence-corrected chi connectivity index (χ0v) is 30.0. The second-order valence-electron chi connectivity index (χ2n) is 14.3. The van der Waals surface area contributed by atoms with Crippen LogP contribution in [0.3, 0.4) is 0 Å². The van der Waals surface area contributed by atoms with Gasteiger partial charge in [-0.25, -0.2) is 9.67 Å². The van der Waals surface area contributed by atoms with E-state index in [1.165, 1.54) is 21.5 Å². The Morgan fingerprint density at radius 3 is 1.80 bits per heavy atom. The molecule has 0 saturated heterocycles. The zero-order valence-electron chi connectivity index (χ0n) is 30.0. The number of para-hydroxylation sites is 4. The summed E-state index contributed by atoms with van der Waals surface area (Å²) in [5, 5.41) is 12.1. The predicted molar refractivity (Wildman–Crippen MR) is 228 cm³/mol. The Morgan fingerprint density at radius 1 is 0.393 bits per heavy atom. The van der Waals surface area contributed by atoms with Crippen molar-refractivity contribution in [2.75, 3.05) is 0 Å². The maximum Gasteiger partial charge on any atom is 0.182 e. The van der Waals surface area contributed by atoms with Gasteiger partial charge >= 0.3 is 0 Å². The Hall–Kier alpha value is -7.70. The Balaban J connectivity index is 1.11. The highest BCUT2D eigenvalue weighted by molar-refractivity contribution is 6.24. The van der Waals surface area contributed by atoms with Gasteiger partial charge in [-0.1, -0.05) is 121 Å². The summed E-state index contributed by atoms with van der Waals surface area (Å²) in [6.07, 6.45) is 0. The van der Waals surface area contributed by atoms with Gasteiger partial charge in [-0.05, 0) is 66.7 Å². The molecule has 0 unspecified atom stereocenters. The van der Waals surface area contributed by atoms with Gasteiger partial charge in [0, 0.05) is 49.4 Å². The molecule has 0 bridgehead atoms. The molecule has 0 aliphatic heterocycles. The highest BCUT2D eigenvalue weighted by atomic mass is 16.3. The van der Waals surface area contributed by atoms with Gasteiger partial charge in [0.2, 0.25) is 0 Å². The average Bonchev–Trinajstić information content (AvgIpc) is 4.03. The second-order valence-corrected chi connectivity index (χ2v) is 14.3. The minimum atomic E-state index is 0.684. The van der Waals surface area contributed by atoms with Gasteiger partial charge in [-0.3, -0.25) is 0 Å². The first-order valence-electron chi connectivity index (χ1n) is 18.8. The summed E-state index contributed by atoms with van der Waals surface area (Å²) >= 11 is 0. The fraction of sp³-hybridized carbons (Fsp3) is 0. The summed E-state index contributed by atoms with van der Waals surface area (Å²) in [5.74, 6) is 1.47. The van der Waals surface area contributed by atoms with E-state index in [0.29, 0.717) is 5.82 Å². The van der Waals surface area contributed by atoms with Crippen LogP contribution in [-0.4, -0.2) is 23.9 Å². The van der Waals surface area contributed by atoms with E-state index in [2.05, 4.69) is 155 Å². The quantitative estimate of drug-likeness (QED) is 0.178. The first-order valence-corrected chi connectivity index (χ1v) is 18.8. The largest absolute Gasteiger partial charge is 0.456 e. The first kappa shape index (κ1) is 30.7. The molecule has 0 aliphatic carbocycles. The molecule has 0 spiro atoms. The smallest absolute Gasteiger partial charge is 0.182 e. The number of furan rings is 1. The van der Waals surface area contributed by atoms with Crippen molar-refractivity contribution in [3.63, 3.8) is 0 Å². The summed E-state index contributed by atoms with van der Waals surface area (Å²) in [6, 6.07) is 66.0. The van der Waals surface area contributed by atoms with Gasteiger partial charge in [0.15, 0.2) is 11.6 Å². The highest BCUT2D eigenvalue weighted by Gasteiger charge is 2.21. The average molecular weight is 718 g/mol. The molecule has 0 amide bonds. The molecule has 0 N–H and O–H groups in total. The number of nitrogens with zero attached hydrogens (tertiary/aromatic N) is 5. The molecule has 262 valence electrons. The molecular formula is C50H31N5O. The summed E-state index contributed by atoms with van der Waals surface area (Å²) in [4.78, 5) is 5.17. The highest BCUT2D eigenvalue weighted by Crippen LogP contribution is 2.42. The summed E-state index contributed by atoms with van der Waals surface area (Å²) in [7, 11) is 0. The van der Waals surface area contributed by atoms with Gasteiger partial charge in [0.25, 0.3) is 0 Å². The van der Waals surface area contributed by atoms with E-state index >= 15 is 0 Å². The standard InChI is InChI=1S/C50H31N5O/c1-3-14-32(15-4-1)49-51-50(55(52-49)34-16-5-2-6-17-34)33-26-27-39-37-20-7-10-23-42(37)53(44(39)30-33)35-18-13-19-36(31-35)54-43-24-11-8-21-38(43)40-28-29-46-47(48(40)54)41-22-9-12-25-45(41)56-46/h1-31H. The van der Waals surface area contributed by atoms with E-state index in [4.69, 9.17) is 14.5 Å². The third-order valence-corrected chi connectivity index (χ3v) is 11.1. The van der Waals surface area contributed by atoms with Gasteiger partial charge in [0.05, 0.1) is 33.1 Å². The molecule has 0 saturated carbocycles. The van der Waals surface area contributed by atoms with Crippen LogP contribution in [0.15, 0.2) is 192 Å². The van der Waals surface area contributed by atoms with Gasteiger partial charge < -0.3 is 13.6 Å². The molecule has 56 heavy (non-hydrogen) atoms. The van der Waals surface area contributed by atoms with Crippen LogP contribution in [-0.2, 0) is 0 Å². The topological polar surface area (TPSA) is 53.7 Å². The molecule has 4 aromatic heterocycles. The predicted octanol–water partition coefficient (Wildman–Crippen LogP) is 12.7. The minimum Gasteiger partial charge on any atom is -0.456 e. The molecule has 8 aromatic carbocycles. The van der Waals surface area contributed by atoms with Crippen molar-refractivity contribution in [1.29, 1.82) is 0 Å². The van der Waals surface area contributed by atoms with Crippen LogP contribution in [0.1, 0.15) is 0 Å². The lowest BCUT2D eigenvalue weighted by Gasteiger charge is -2.13. The van der Waals surface area contributed by atoms with E-state index in [0.717, 1.165) is 78.0 Å². The lowest BCUT2D eigenvalue weighted by molar-refractivity contribution is 0.669. The molecular weight excluding hydrogens is 687 g/mol. The first-order chi connectivity index (χ1) is 27.8. The van der Waals surface area contributed by atoms with E-state index in [1.807, 2.05) is 47.1 Å². The number of fused-ring (bicyclic) bond motifs is 10. The van der Waals surface area contributed by atoms with Crippen LogP contribution < -0.4 is 0 Å². The lowest BCUT2D eigenvalue weighted by atomic mass is 10.1. The zero-order chi connectivity index (χ0) is 36.7. The van der Waals surface area contributed by atoms with Gasteiger partial charge in [-0.15, -0.1) is 5.10 Å². The van der Waals surface area contributed by atoms with Crippen molar-refractivity contribution < 1.29 is 4.42 Å². The maximum absolute atomic E-state index is 6.41. The van der Waals surface area contributed by atoms with Crippen LogP contribution in [0.4, 0.5) is 0 Å². The van der Waals surface area contributed by atoms with E-state index in [9.17, 15) is 0 Å². The van der Waals surface area contributed by atoms with E-state index in [-0.39, 0.29) is 0 Å². The maximum atomic E-state index is 6.41. The lowest BCUT2D eigenvalue weighted by Crippen LogP contribution is -2.00. The molecule has 4 heterocycles. The molecule has 12 aromatic rings. The van der Waals surface area contributed by atoms with Crippen LogP contribution in [0.2, 0.25) is 0 Å². The van der Waals surface area contributed by atoms with Gasteiger partial charge in [-0.2, -0.15) is 0 Å². The van der Waals surface area contributed by atoms with Crippen molar-refractivity contribution in [2.24, 2.45) is 0 Å². The number of hydrogen-bond donors (Lipinski definition) is 0. The number of aromatic nitrogens is 5. The molecule has 0 radical (unpaired) electrons. The van der Waals surface area contributed by atoms with Crippen LogP contribution in [0.5, 0.6) is 0 Å². The Morgan fingerprint density at radius 2 is 1.00 bits per heavy atom. The van der Waals surface area contributed by atoms with E-state index < -0.39 is 0 Å². The van der Waals surface area contributed by atoms with Crippen LogP contribution >= 0.6 is 0 Å². The number of hydrogen-bond acceptors (Lipinski definition) is 3. The molecule has 0 atom stereocenters. The molecule has 12 rings (SSSR count). The summed E-state index contributed by atoms with van der Waals surface area (Å²) < 4.78 is 13.2. The fourth-order valence-electron chi connectivity index (χ4n) is 8.65. The molecule has 0 fully saturated rings. The molecule has 6 heteroatoms. The van der Waals surface area contributed by atoms with Crippen molar-refractivity contribution >= 4 is 65.6 Å². The fourth-order valence-corrected chi connectivity index (χ4v) is 8.65. The van der Waals surface area contributed by atoms with Crippen LogP contribution in [0.25, 0.3) is 105 Å². The third-order valence-electron chi connectivity index (χ3n) is 11.1. The SMILES string of the molecule is c1ccc(-c2nc(-c3ccc4c5ccccc5n(-c5cccc(-n6c7ccccc7c7ccc8oc9ccccc9c8c76)c5)c4c3)n(-c3ccccc3)n2)cc1. The summed E-state index contributed by atoms with van der Waals surface area (Å²) in [6.45, 7) is 0. The third kappa shape index (κ3) is 4.50. The van der Waals surface area contributed by atoms with Crippen molar-refractivity contribution in [2.45, 2.75) is 0 Å². The number of benzene rings is 8. The van der Waals surface area contributed by atoms with Gasteiger partial charge in [0.1, 0.15) is 11.2 Å². The molecule has 0 aliphatic rings. The normalized spacial score (nSPS) is 11.9. The van der Waals surface area contributed by atoms with Crippen molar-refractivity contribution in [1.82, 2.24) is 23.9 Å². The Bertz CT molecular complexity index is 3480. The minimum absolute atomic E-state index is 0.684. The van der Waals surface area contributed by atoms with Crippen molar-refractivity contribution in [3.05, 3.63) is 188 Å².